The molecule has 0 N–H and O–H groups in total. The van der Waals surface area contributed by atoms with Crippen LogP contribution in [-0.2, 0) is 0 Å². The van der Waals surface area contributed by atoms with Gasteiger partial charge in [-0.3, -0.25) is 14.5 Å². The fourth-order valence-corrected chi connectivity index (χ4v) is 4.00. The molecule has 0 radical (unpaired) electrons. The molecule has 7 nitrogen and oxygen atoms in total. The first-order valence-electron chi connectivity index (χ1n) is 8.83. The molecule has 2 amide bonds. The molecule has 0 bridgehead atoms. The second kappa shape index (κ2) is 7.11. The third-order valence-electron chi connectivity index (χ3n) is 4.48. The second-order valence-corrected chi connectivity index (χ2v) is 7.57. The number of carbonyl (C=O) groups excluding carboxylic acids is 2. The van der Waals surface area contributed by atoms with Crippen LogP contribution in [0.3, 0.4) is 0 Å². The molecule has 1 aliphatic heterocycles. The van der Waals surface area contributed by atoms with E-state index < -0.39 is 0 Å². The van der Waals surface area contributed by atoms with E-state index >= 15 is 0 Å². The Balaban J connectivity index is 1.30. The van der Waals surface area contributed by atoms with Gasteiger partial charge in [0.2, 0.25) is 5.16 Å². The molecule has 8 heteroatoms. The Labute approximate surface area is 160 Å². The summed E-state index contributed by atoms with van der Waals surface area (Å²) in [5.74, 6) is 1.04. The molecule has 1 aromatic carbocycles. The number of hydrogen-bond donors (Lipinski definition) is 0. The molecule has 0 atom stereocenters. The van der Waals surface area contributed by atoms with Crippen LogP contribution in [0.2, 0.25) is 0 Å². The van der Waals surface area contributed by atoms with Crippen molar-refractivity contribution in [1.29, 1.82) is 0 Å². The maximum absolute atomic E-state index is 12.3. The fourth-order valence-electron chi connectivity index (χ4n) is 3.19. The maximum Gasteiger partial charge on any atom is 0.261 e. The number of rotatable bonds is 6. The molecule has 0 fully saturated rings. The molecular formula is C19H19N5O2S. The molecule has 0 saturated carbocycles. The normalized spacial score (nSPS) is 13.6. The molecule has 3 heterocycles. The van der Waals surface area contributed by atoms with Crippen LogP contribution in [0.1, 0.15) is 44.9 Å². The Kier molecular flexibility index (Phi) is 4.65. The van der Waals surface area contributed by atoms with E-state index in [0.717, 1.165) is 30.0 Å². The van der Waals surface area contributed by atoms with Gasteiger partial charge >= 0.3 is 0 Å². The van der Waals surface area contributed by atoms with Crippen LogP contribution in [0.15, 0.2) is 35.5 Å². The van der Waals surface area contributed by atoms with Gasteiger partial charge in [-0.1, -0.05) is 23.9 Å². The number of benzene rings is 1. The minimum absolute atomic E-state index is 0.192. The molecule has 27 heavy (non-hydrogen) atoms. The summed E-state index contributed by atoms with van der Waals surface area (Å²) in [4.78, 5) is 34.8. The standard InChI is InChI=1S/C19H19N5O2S/c1-12-11-13(2)24-18(20-12)21-19(22-24)27-10-6-5-9-23-16(25)14-7-3-4-8-15(14)17(23)26/h3-4,7-8,11H,5-6,9-10H2,1-2H3. The van der Waals surface area contributed by atoms with Gasteiger partial charge in [0, 0.05) is 23.7 Å². The predicted molar refractivity (Wildman–Crippen MR) is 102 cm³/mol. The smallest absolute Gasteiger partial charge is 0.261 e. The Hall–Kier alpha value is -2.74. The number of nitrogens with zero attached hydrogens (tertiary/aromatic N) is 5. The zero-order valence-electron chi connectivity index (χ0n) is 15.2. The average molecular weight is 381 g/mol. The van der Waals surface area contributed by atoms with Gasteiger partial charge in [0.25, 0.3) is 17.6 Å². The number of hydrogen-bond acceptors (Lipinski definition) is 6. The summed E-state index contributed by atoms with van der Waals surface area (Å²) < 4.78 is 1.74. The summed E-state index contributed by atoms with van der Waals surface area (Å²) in [5, 5.41) is 5.16. The Morgan fingerprint density at radius 2 is 1.70 bits per heavy atom. The van der Waals surface area contributed by atoms with E-state index in [9.17, 15) is 9.59 Å². The lowest BCUT2D eigenvalue weighted by Gasteiger charge is -2.13. The summed E-state index contributed by atoms with van der Waals surface area (Å²) in [7, 11) is 0. The van der Waals surface area contributed by atoms with E-state index in [1.165, 1.54) is 4.90 Å². The van der Waals surface area contributed by atoms with Crippen molar-refractivity contribution >= 4 is 29.4 Å². The highest BCUT2D eigenvalue weighted by Gasteiger charge is 2.34. The van der Waals surface area contributed by atoms with E-state index in [1.807, 2.05) is 19.9 Å². The highest BCUT2D eigenvalue weighted by atomic mass is 32.2. The molecule has 1 aliphatic rings. The lowest BCUT2D eigenvalue weighted by atomic mass is 10.1. The van der Waals surface area contributed by atoms with E-state index in [0.29, 0.717) is 28.6 Å². The number of thioether (sulfide) groups is 1. The Morgan fingerprint density at radius 1 is 1.00 bits per heavy atom. The highest BCUT2D eigenvalue weighted by Crippen LogP contribution is 2.23. The van der Waals surface area contributed by atoms with Crippen LogP contribution < -0.4 is 0 Å². The summed E-state index contributed by atoms with van der Waals surface area (Å²) in [6.45, 7) is 4.35. The third kappa shape index (κ3) is 3.32. The average Bonchev–Trinajstić information content (AvgIpc) is 3.16. The number of unbranched alkanes of at least 4 members (excludes halogenated alkanes) is 1. The lowest BCUT2D eigenvalue weighted by Crippen LogP contribution is -2.30. The van der Waals surface area contributed by atoms with Crippen molar-refractivity contribution in [2.24, 2.45) is 0 Å². The van der Waals surface area contributed by atoms with E-state index in [-0.39, 0.29) is 11.8 Å². The number of amides is 2. The van der Waals surface area contributed by atoms with Crippen LogP contribution in [-0.4, -0.2) is 48.6 Å². The summed E-state index contributed by atoms with van der Waals surface area (Å²) in [6.07, 6.45) is 1.61. The first kappa shape index (κ1) is 17.7. The molecule has 0 unspecified atom stereocenters. The zero-order chi connectivity index (χ0) is 19.0. The number of carbonyl (C=O) groups is 2. The van der Waals surface area contributed by atoms with E-state index in [4.69, 9.17) is 0 Å². The quantitative estimate of drug-likeness (QED) is 0.371. The third-order valence-corrected chi connectivity index (χ3v) is 5.41. The van der Waals surface area contributed by atoms with Crippen molar-refractivity contribution in [2.75, 3.05) is 12.3 Å². The van der Waals surface area contributed by atoms with Crippen molar-refractivity contribution in [1.82, 2.24) is 24.5 Å². The SMILES string of the molecule is Cc1cc(C)n2nc(SCCCCN3C(=O)c4ccccc4C3=O)nc2n1. The van der Waals surface area contributed by atoms with Crippen LogP contribution in [0.5, 0.6) is 0 Å². The first-order valence-corrected chi connectivity index (χ1v) is 9.82. The van der Waals surface area contributed by atoms with Gasteiger partial charge in [-0.25, -0.2) is 9.50 Å². The zero-order valence-corrected chi connectivity index (χ0v) is 16.0. The van der Waals surface area contributed by atoms with Crippen molar-refractivity contribution in [3.63, 3.8) is 0 Å². The minimum Gasteiger partial charge on any atom is -0.274 e. The fraction of sp³-hybridized carbons (Fsp3) is 0.316. The molecule has 0 spiro atoms. The Morgan fingerprint density at radius 3 is 2.41 bits per heavy atom. The van der Waals surface area contributed by atoms with Gasteiger partial charge in [0.1, 0.15) is 0 Å². The monoisotopic (exact) mass is 381 g/mol. The van der Waals surface area contributed by atoms with Gasteiger partial charge in [-0.15, -0.1) is 5.10 Å². The van der Waals surface area contributed by atoms with Crippen LogP contribution in [0.25, 0.3) is 5.78 Å². The first-order chi connectivity index (χ1) is 13.0. The van der Waals surface area contributed by atoms with Gasteiger partial charge in [-0.2, -0.15) is 4.98 Å². The van der Waals surface area contributed by atoms with Crippen LogP contribution in [0.4, 0.5) is 0 Å². The predicted octanol–water partition coefficient (Wildman–Crippen LogP) is 2.91. The largest absolute Gasteiger partial charge is 0.274 e. The molecule has 4 rings (SSSR count). The lowest BCUT2D eigenvalue weighted by molar-refractivity contribution is 0.0652. The molecule has 2 aromatic heterocycles. The molecule has 138 valence electrons. The van der Waals surface area contributed by atoms with Crippen molar-refractivity contribution in [3.8, 4) is 0 Å². The maximum atomic E-state index is 12.3. The minimum atomic E-state index is -0.192. The number of aryl methyl sites for hydroxylation is 2. The number of aromatic nitrogens is 4. The van der Waals surface area contributed by atoms with Gasteiger partial charge < -0.3 is 0 Å². The van der Waals surface area contributed by atoms with Crippen LogP contribution >= 0.6 is 11.8 Å². The molecule has 0 aliphatic carbocycles. The summed E-state index contributed by atoms with van der Waals surface area (Å²) >= 11 is 1.56. The van der Waals surface area contributed by atoms with Crippen molar-refractivity contribution < 1.29 is 9.59 Å². The molecule has 0 saturated heterocycles. The Bertz CT molecular complexity index is 1010. The van der Waals surface area contributed by atoms with E-state index in [1.54, 1.807) is 40.5 Å². The van der Waals surface area contributed by atoms with Crippen LogP contribution in [0, 0.1) is 13.8 Å². The summed E-state index contributed by atoms with van der Waals surface area (Å²) in [5.41, 5.74) is 2.93. The number of fused-ring (bicyclic) bond motifs is 2. The van der Waals surface area contributed by atoms with Gasteiger partial charge in [-0.05, 0) is 44.9 Å². The van der Waals surface area contributed by atoms with E-state index in [2.05, 4.69) is 15.1 Å². The van der Waals surface area contributed by atoms with Crippen molar-refractivity contribution in [2.45, 2.75) is 31.8 Å². The molecule has 3 aromatic rings. The topological polar surface area (TPSA) is 80.5 Å². The van der Waals surface area contributed by atoms with Gasteiger partial charge in [0.05, 0.1) is 11.1 Å². The second-order valence-electron chi connectivity index (χ2n) is 6.51. The van der Waals surface area contributed by atoms with Gasteiger partial charge in [0.15, 0.2) is 0 Å². The molecular weight excluding hydrogens is 362 g/mol. The highest BCUT2D eigenvalue weighted by molar-refractivity contribution is 7.99. The van der Waals surface area contributed by atoms with Crippen molar-refractivity contribution in [3.05, 3.63) is 52.8 Å². The summed E-state index contributed by atoms with van der Waals surface area (Å²) in [6, 6.07) is 8.95. The number of imide groups is 1.